The molecule has 2 aliphatic rings. The normalized spacial score (nSPS) is 25.0. The molecular weight excluding hydrogens is 218 g/mol. The molecule has 1 nitrogen and oxygen atoms in total. The molecule has 0 N–H and O–H groups in total. The molecule has 1 aliphatic heterocycles. The maximum Gasteiger partial charge on any atom is 0.0354 e. The highest BCUT2D eigenvalue weighted by atomic mass is 15.2. The standard InChI is InChI=1S/C17H23N/c1-2-5-14-10-12-18(13-11-14)17-9-8-15-6-3-4-7-16(15)17/h2-4,6-7,14,17H,1,5,8-13H2. The van der Waals surface area contributed by atoms with Gasteiger partial charge >= 0.3 is 0 Å². The van der Waals surface area contributed by atoms with E-state index >= 15 is 0 Å². The second-order valence-electron chi connectivity index (χ2n) is 5.76. The van der Waals surface area contributed by atoms with Crippen molar-refractivity contribution >= 4 is 0 Å². The fraction of sp³-hybridized carbons (Fsp3) is 0.529. The van der Waals surface area contributed by atoms with Crippen LogP contribution in [0.1, 0.15) is 42.9 Å². The topological polar surface area (TPSA) is 3.24 Å². The van der Waals surface area contributed by atoms with Crippen LogP contribution in [-0.2, 0) is 6.42 Å². The number of hydrogen-bond donors (Lipinski definition) is 0. The van der Waals surface area contributed by atoms with Gasteiger partial charge in [0.05, 0.1) is 0 Å². The average Bonchev–Trinajstić information content (AvgIpc) is 2.84. The zero-order valence-electron chi connectivity index (χ0n) is 11.1. The summed E-state index contributed by atoms with van der Waals surface area (Å²) in [7, 11) is 0. The van der Waals surface area contributed by atoms with Crippen LogP contribution in [0.5, 0.6) is 0 Å². The van der Waals surface area contributed by atoms with E-state index in [2.05, 4.69) is 41.8 Å². The van der Waals surface area contributed by atoms with Gasteiger partial charge in [0.1, 0.15) is 0 Å². The first-order valence-corrected chi connectivity index (χ1v) is 7.31. The Kier molecular flexibility index (Phi) is 3.51. The largest absolute Gasteiger partial charge is 0.296 e. The second kappa shape index (κ2) is 5.27. The van der Waals surface area contributed by atoms with Gasteiger partial charge in [-0.05, 0) is 62.2 Å². The Morgan fingerprint density at radius 2 is 1.94 bits per heavy atom. The summed E-state index contributed by atoms with van der Waals surface area (Å²) >= 11 is 0. The van der Waals surface area contributed by atoms with Crippen molar-refractivity contribution < 1.29 is 0 Å². The Morgan fingerprint density at radius 3 is 2.72 bits per heavy atom. The minimum absolute atomic E-state index is 0.700. The molecule has 96 valence electrons. The number of nitrogens with zero attached hydrogens (tertiary/aromatic N) is 1. The molecule has 1 heterocycles. The Bertz CT molecular complexity index is 415. The molecule has 1 fully saturated rings. The summed E-state index contributed by atoms with van der Waals surface area (Å²) in [6.07, 6.45) is 8.59. The molecule has 1 aromatic rings. The van der Waals surface area contributed by atoms with Crippen LogP contribution in [0.4, 0.5) is 0 Å². The minimum Gasteiger partial charge on any atom is -0.296 e. The molecular formula is C17H23N. The van der Waals surface area contributed by atoms with Crippen molar-refractivity contribution in [1.29, 1.82) is 0 Å². The fourth-order valence-corrected chi connectivity index (χ4v) is 3.65. The third kappa shape index (κ3) is 2.24. The average molecular weight is 241 g/mol. The molecule has 1 aromatic carbocycles. The van der Waals surface area contributed by atoms with Crippen molar-refractivity contribution in [2.24, 2.45) is 5.92 Å². The first-order valence-electron chi connectivity index (χ1n) is 7.31. The molecule has 0 aromatic heterocycles. The van der Waals surface area contributed by atoms with E-state index in [-0.39, 0.29) is 0 Å². The maximum absolute atomic E-state index is 3.87. The van der Waals surface area contributed by atoms with Crippen molar-refractivity contribution in [2.75, 3.05) is 13.1 Å². The van der Waals surface area contributed by atoms with Crippen LogP contribution in [-0.4, -0.2) is 18.0 Å². The summed E-state index contributed by atoms with van der Waals surface area (Å²) in [6.45, 7) is 6.42. The smallest absolute Gasteiger partial charge is 0.0354 e. The van der Waals surface area contributed by atoms with Crippen molar-refractivity contribution in [3.63, 3.8) is 0 Å². The van der Waals surface area contributed by atoms with Gasteiger partial charge in [0.15, 0.2) is 0 Å². The first-order chi connectivity index (χ1) is 8.88. The predicted octanol–water partition coefficient (Wildman–Crippen LogP) is 3.96. The number of rotatable bonds is 3. The number of fused-ring (bicyclic) bond motifs is 1. The van der Waals surface area contributed by atoms with Gasteiger partial charge < -0.3 is 0 Å². The summed E-state index contributed by atoms with van der Waals surface area (Å²) in [5.41, 5.74) is 3.18. The minimum atomic E-state index is 0.700. The Morgan fingerprint density at radius 1 is 1.17 bits per heavy atom. The van der Waals surface area contributed by atoms with Crippen molar-refractivity contribution in [2.45, 2.75) is 38.1 Å². The number of allylic oxidation sites excluding steroid dienone is 1. The van der Waals surface area contributed by atoms with Crippen LogP contribution >= 0.6 is 0 Å². The third-order valence-electron chi connectivity index (χ3n) is 4.69. The van der Waals surface area contributed by atoms with Gasteiger partial charge in [-0.1, -0.05) is 30.3 Å². The molecule has 1 atom stereocenters. The van der Waals surface area contributed by atoms with E-state index in [0.29, 0.717) is 6.04 Å². The lowest BCUT2D eigenvalue weighted by molar-refractivity contribution is 0.133. The van der Waals surface area contributed by atoms with Crippen molar-refractivity contribution in [3.8, 4) is 0 Å². The molecule has 0 radical (unpaired) electrons. The van der Waals surface area contributed by atoms with E-state index in [0.717, 1.165) is 5.92 Å². The molecule has 1 saturated heterocycles. The molecule has 18 heavy (non-hydrogen) atoms. The van der Waals surface area contributed by atoms with Crippen LogP contribution in [0.25, 0.3) is 0 Å². The summed E-state index contributed by atoms with van der Waals surface area (Å²) in [6, 6.07) is 9.72. The summed E-state index contributed by atoms with van der Waals surface area (Å²) in [4.78, 5) is 2.71. The van der Waals surface area contributed by atoms with Crippen LogP contribution < -0.4 is 0 Å². The summed E-state index contributed by atoms with van der Waals surface area (Å²) in [5, 5.41) is 0. The highest BCUT2D eigenvalue weighted by molar-refractivity contribution is 5.34. The van der Waals surface area contributed by atoms with Gasteiger partial charge in [0, 0.05) is 6.04 Å². The molecule has 1 aliphatic carbocycles. The lowest BCUT2D eigenvalue weighted by atomic mass is 9.92. The van der Waals surface area contributed by atoms with Gasteiger partial charge in [0.2, 0.25) is 0 Å². The van der Waals surface area contributed by atoms with E-state index in [9.17, 15) is 0 Å². The van der Waals surface area contributed by atoms with E-state index < -0.39 is 0 Å². The number of hydrogen-bond acceptors (Lipinski definition) is 1. The predicted molar refractivity (Wildman–Crippen MR) is 76.6 cm³/mol. The Balaban J connectivity index is 1.66. The van der Waals surface area contributed by atoms with Crippen LogP contribution in [0.15, 0.2) is 36.9 Å². The molecule has 0 bridgehead atoms. The molecule has 1 heteroatoms. The Hall–Kier alpha value is -1.08. The third-order valence-corrected chi connectivity index (χ3v) is 4.69. The molecule has 0 saturated carbocycles. The summed E-state index contributed by atoms with van der Waals surface area (Å²) in [5.74, 6) is 0.885. The molecule has 1 unspecified atom stereocenters. The fourth-order valence-electron chi connectivity index (χ4n) is 3.65. The number of likely N-dealkylation sites (tertiary alicyclic amines) is 1. The SMILES string of the molecule is C=CCC1CCN(C2CCc3ccccc32)CC1. The van der Waals surface area contributed by atoms with Crippen molar-refractivity contribution in [1.82, 2.24) is 4.90 Å². The second-order valence-corrected chi connectivity index (χ2v) is 5.76. The lowest BCUT2D eigenvalue weighted by Crippen LogP contribution is -2.35. The van der Waals surface area contributed by atoms with Crippen LogP contribution in [0, 0.1) is 5.92 Å². The number of piperidine rings is 1. The monoisotopic (exact) mass is 241 g/mol. The van der Waals surface area contributed by atoms with Gasteiger partial charge in [-0.15, -0.1) is 6.58 Å². The zero-order valence-corrected chi connectivity index (χ0v) is 11.1. The van der Waals surface area contributed by atoms with E-state index in [1.807, 2.05) is 0 Å². The molecule has 3 rings (SSSR count). The highest BCUT2D eigenvalue weighted by Crippen LogP contribution is 2.37. The summed E-state index contributed by atoms with van der Waals surface area (Å²) < 4.78 is 0. The zero-order chi connectivity index (χ0) is 12.4. The molecule has 0 amide bonds. The van der Waals surface area contributed by atoms with E-state index in [1.165, 1.54) is 45.2 Å². The van der Waals surface area contributed by atoms with Crippen LogP contribution in [0.3, 0.4) is 0 Å². The maximum atomic E-state index is 3.87. The number of aryl methyl sites for hydroxylation is 1. The van der Waals surface area contributed by atoms with E-state index in [1.54, 1.807) is 11.1 Å². The lowest BCUT2D eigenvalue weighted by Gasteiger charge is -2.36. The van der Waals surface area contributed by atoms with Crippen molar-refractivity contribution in [3.05, 3.63) is 48.0 Å². The molecule has 0 spiro atoms. The van der Waals surface area contributed by atoms with Gasteiger partial charge in [0.25, 0.3) is 0 Å². The van der Waals surface area contributed by atoms with Gasteiger partial charge in [-0.2, -0.15) is 0 Å². The quantitative estimate of drug-likeness (QED) is 0.724. The van der Waals surface area contributed by atoms with Gasteiger partial charge in [-0.25, -0.2) is 0 Å². The number of benzene rings is 1. The van der Waals surface area contributed by atoms with E-state index in [4.69, 9.17) is 0 Å². The Labute approximate surface area is 111 Å². The first kappa shape index (κ1) is 12.0. The van der Waals surface area contributed by atoms with Gasteiger partial charge in [-0.3, -0.25) is 4.90 Å². The highest BCUT2D eigenvalue weighted by Gasteiger charge is 2.30. The van der Waals surface area contributed by atoms with Crippen LogP contribution in [0.2, 0.25) is 0 Å².